The van der Waals surface area contributed by atoms with Crippen LogP contribution in [0.15, 0.2) is 35.9 Å². The van der Waals surface area contributed by atoms with Crippen LogP contribution < -0.4 is 5.32 Å². The number of carboxylic acids is 1. The molecule has 4 rings (SSSR count). The highest BCUT2D eigenvalue weighted by Gasteiger charge is 2.24. The van der Waals surface area contributed by atoms with E-state index >= 15 is 0 Å². The number of aromatic nitrogens is 1. The van der Waals surface area contributed by atoms with Crippen molar-refractivity contribution in [2.24, 2.45) is 0 Å². The first kappa shape index (κ1) is 27.6. The van der Waals surface area contributed by atoms with E-state index in [1.807, 2.05) is 12.1 Å². The lowest BCUT2D eigenvalue weighted by atomic mass is 9.88. The van der Waals surface area contributed by atoms with E-state index < -0.39 is 29.1 Å². The number of anilines is 1. The summed E-state index contributed by atoms with van der Waals surface area (Å²) in [5.74, 6) is -4.03. The Bertz CT molecular complexity index is 1360. The maximum absolute atomic E-state index is 14.5. The van der Waals surface area contributed by atoms with Gasteiger partial charge in [0, 0.05) is 40.4 Å². The Morgan fingerprint density at radius 3 is 2.61 bits per heavy atom. The number of carboxylic acid groups (broad SMARTS) is 1. The summed E-state index contributed by atoms with van der Waals surface area (Å²) >= 11 is 1.35. The Morgan fingerprint density at radius 1 is 1.16 bits per heavy atom. The Morgan fingerprint density at radius 2 is 1.89 bits per heavy atom. The van der Waals surface area contributed by atoms with Crippen LogP contribution in [-0.2, 0) is 28.8 Å². The number of fused-ring (bicyclic) bond motifs is 3. The standard InChI is InChI=1S/C29H30F2N2O4S/c1-3-4-12-37-13-6-8-18-7-5-9-21-20(18)10-11-25-26(21)32-29(38-25)33-27(34)19-15-23(30)22(24(31)16-19)14-17(2)28(35)36/h5,7,9,14-16H,3-4,6,8,10-13H2,1-2H3,(H,35,36)(H,32,33,34). The second-order valence-electron chi connectivity index (χ2n) is 9.24. The van der Waals surface area contributed by atoms with Crippen molar-refractivity contribution in [1.29, 1.82) is 0 Å². The number of benzene rings is 2. The number of rotatable bonds is 11. The fraction of sp³-hybridized carbons (Fsp3) is 0.345. The summed E-state index contributed by atoms with van der Waals surface area (Å²) in [7, 11) is 0. The normalized spacial score (nSPS) is 12.7. The van der Waals surface area contributed by atoms with Crippen molar-refractivity contribution in [3.63, 3.8) is 0 Å². The zero-order valence-electron chi connectivity index (χ0n) is 21.4. The van der Waals surface area contributed by atoms with Gasteiger partial charge in [0.05, 0.1) is 5.69 Å². The van der Waals surface area contributed by atoms with E-state index in [0.717, 1.165) is 86.1 Å². The second-order valence-corrected chi connectivity index (χ2v) is 10.3. The Balaban J connectivity index is 1.48. The smallest absolute Gasteiger partial charge is 0.331 e. The van der Waals surface area contributed by atoms with Gasteiger partial charge in [-0.05, 0) is 68.4 Å². The molecule has 9 heteroatoms. The summed E-state index contributed by atoms with van der Waals surface area (Å²) in [4.78, 5) is 29.5. The SMILES string of the molecule is CCCCOCCCc1cccc2c1CCc1sc(NC(=O)c3cc(F)c(C=C(C)C(=O)O)c(F)c3)nc1-2. The minimum Gasteiger partial charge on any atom is -0.478 e. The molecule has 0 saturated heterocycles. The predicted molar refractivity (Wildman–Crippen MR) is 145 cm³/mol. The molecule has 2 aromatic carbocycles. The van der Waals surface area contributed by atoms with Gasteiger partial charge in [0.1, 0.15) is 11.6 Å². The second kappa shape index (κ2) is 12.4. The van der Waals surface area contributed by atoms with Crippen LogP contribution in [0.5, 0.6) is 0 Å². The number of nitrogens with zero attached hydrogens (tertiary/aromatic N) is 1. The third-order valence-corrected chi connectivity index (χ3v) is 7.50. The van der Waals surface area contributed by atoms with Gasteiger partial charge in [-0.2, -0.15) is 0 Å². The van der Waals surface area contributed by atoms with Gasteiger partial charge < -0.3 is 9.84 Å². The van der Waals surface area contributed by atoms with Gasteiger partial charge in [-0.25, -0.2) is 18.6 Å². The van der Waals surface area contributed by atoms with E-state index in [2.05, 4.69) is 23.3 Å². The third-order valence-electron chi connectivity index (χ3n) is 6.46. The van der Waals surface area contributed by atoms with Crippen LogP contribution in [0, 0.1) is 11.6 Å². The number of unbranched alkanes of at least 4 members (excludes halogenated alkanes) is 1. The van der Waals surface area contributed by atoms with Crippen LogP contribution in [0.2, 0.25) is 0 Å². The van der Waals surface area contributed by atoms with Crippen molar-refractivity contribution in [3.05, 3.63) is 74.7 Å². The zero-order valence-corrected chi connectivity index (χ0v) is 22.2. The molecule has 1 heterocycles. The molecule has 0 spiro atoms. The Hall–Kier alpha value is -3.43. The molecule has 1 amide bonds. The van der Waals surface area contributed by atoms with Crippen molar-refractivity contribution < 1.29 is 28.2 Å². The van der Waals surface area contributed by atoms with Crippen LogP contribution in [-0.4, -0.2) is 35.2 Å². The number of ether oxygens (including phenoxy) is 1. The minimum absolute atomic E-state index is 0.220. The van der Waals surface area contributed by atoms with Gasteiger partial charge in [0.15, 0.2) is 5.13 Å². The summed E-state index contributed by atoms with van der Waals surface area (Å²) in [6.07, 6.45) is 6.64. The topological polar surface area (TPSA) is 88.5 Å². The van der Waals surface area contributed by atoms with Gasteiger partial charge in [-0.1, -0.05) is 31.5 Å². The number of aliphatic carboxylic acids is 1. The first-order valence-corrected chi connectivity index (χ1v) is 13.5. The monoisotopic (exact) mass is 540 g/mol. The molecule has 1 aromatic heterocycles. The Kier molecular flexibility index (Phi) is 9.01. The van der Waals surface area contributed by atoms with Crippen molar-refractivity contribution >= 4 is 34.4 Å². The summed E-state index contributed by atoms with van der Waals surface area (Å²) in [6.45, 7) is 4.91. The van der Waals surface area contributed by atoms with Gasteiger partial charge in [0.25, 0.3) is 5.91 Å². The largest absolute Gasteiger partial charge is 0.478 e. The van der Waals surface area contributed by atoms with E-state index in [1.165, 1.54) is 29.4 Å². The molecule has 200 valence electrons. The lowest BCUT2D eigenvalue weighted by Gasteiger charge is -2.18. The van der Waals surface area contributed by atoms with Crippen molar-refractivity contribution in [1.82, 2.24) is 4.98 Å². The lowest BCUT2D eigenvalue weighted by Crippen LogP contribution is -2.13. The van der Waals surface area contributed by atoms with Crippen LogP contribution in [0.3, 0.4) is 0 Å². The van der Waals surface area contributed by atoms with E-state index in [9.17, 15) is 18.4 Å². The average molecular weight is 541 g/mol. The van der Waals surface area contributed by atoms with Gasteiger partial charge in [-0.15, -0.1) is 11.3 Å². The zero-order chi connectivity index (χ0) is 27.2. The Labute approximate surface area is 224 Å². The number of nitrogens with one attached hydrogen (secondary N) is 1. The lowest BCUT2D eigenvalue weighted by molar-refractivity contribution is -0.132. The molecule has 0 bridgehead atoms. The first-order chi connectivity index (χ1) is 18.3. The van der Waals surface area contributed by atoms with Crippen LogP contribution in [0.1, 0.15) is 65.0 Å². The maximum atomic E-state index is 14.5. The molecule has 1 aliphatic carbocycles. The predicted octanol–water partition coefficient (Wildman–Crippen LogP) is 6.68. The number of thiazole rings is 1. The number of hydrogen-bond donors (Lipinski definition) is 2. The molecule has 0 saturated carbocycles. The van der Waals surface area contributed by atoms with Crippen molar-refractivity contribution in [3.8, 4) is 11.3 Å². The van der Waals surface area contributed by atoms with Crippen LogP contribution in [0.25, 0.3) is 17.3 Å². The summed E-state index contributed by atoms with van der Waals surface area (Å²) in [6, 6.07) is 7.98. The quantitative estimate of drug-likeness (QED) is 0.209. The highest BCUT2D eigenvalue weighted by atomic mass is 32.1. The average Bonchev–Trinajstić information content (AvgIpc) is 3.30. The van der Waals surface area contributed by atoms with E-state index in [4.69, 9.17) is 9.84 Å². The molecule has 0 unspecified atom stereocenters. The summed E-state index contributed by atoms with van der Waals surface area (Å²) < 4.78 is 34.7. The molecule has 3 aromatic rings. The first-order valence-electron chi connectivity index (χ1n) is 12.7. The number of carbonyl (C=O) groups excluding carboxylic acids is 1. The maximum Gasteiger partial charge on any atom is 0.331 e. The molecule has 6 nitrogen and oxygen atoms in total. The molecule has 0 atom stereocenters. The highest BCUT2D eigenvalue weighted by Crippen LogP contribution is 2.39. The molecule has 0 aliphatic heterocycles. The number of hydrogen-bond acceptors (Lipinski definition) is 5. The molecular weight excluding hydrogens is 510 g/mol. The number of aryl methyl sites for hydroxylation is 2. The molecule has 2 N–H and O–H groups in total. The van der Waals surface area contributed by atoms with Crippen LogP contribution >= 0.6 is 11.3 Å². The van der Waals surface area contributed by atoms with Gasteiger partial charge >= 0.3 is 5.97 Å². The number of amides is 1. The highest BCUT2D eigenvalue weighted by molar-refractivity contribution is 7.16. The molecule has 0 radical (unpaired) electrons. The van der Waals surface area contributed by atoms with E-state index in [-0.39, 0.29) is 11.1 Å². The van der Waals surface area contributed by atoms with Crippen LogP contribution in [0.4, 0.5) is 13.9 Å². The fourth-order valence-electron chi connectivity index (χ4n) is 4.42. The summed E-state index contributed by atoms with van der Waals surface area (Å²) in [5.41, 5.74) is 3.47. The van der Waals surface area contributed by atoms with Gasteiger partial charge in [-0.3, -0.25) is 10.1 Å². The molecule has 1 aliphatic rings. The van der Waals surface area contributed by atoms with Gasteiger partial charge in [0.2, 0.25) is 0 Å². The molecule has 38 heavy (non-hydrogen) atoms. The fourth-order valence-corrected chi connectivity index (χ4v) is 5.39. The number of carbonyl (C=O) groups is 2. The minimum atomic E-state index is -1.29. The summed E-state index contributed by atoms with van der Waals surface area (Å²) in [5, 5.41) is 12.0. The van der Waals surface area contributed by atoms with Crippen molar-refractivity contribution in [2.45, 2.75) is 52.4 Å². The van der Waals surface area contributed by atoms with E-state index in [1.54, 1.807) is 0 Å². The molecule has 0 fully saturated rings. The number of halogens is 2. The molecular formula is C29H30F2N2O4S. The van der Waals surface area contributed by atoms with Crippen molar-refractivity contribution in [2.75, 3.05) is 18.5 Å². The third kappa shape index (κ3) is 6.34. The van der Waals surface area contributed by atoms with E-state index in [0.29, 0.717) is 5.13 Å².